The Morgan fingerprint density at radius 3 is 2.52 bits per heavy atom. The molecule has 0 saturated carbocycles. The highest BCUT2D eigenvalue weighted by atomic mass is 35.5. The molecule has 1 aromatic heterocycles. The van der Waals surface area contributed by atoms with Crippen molar-refractivity contribution in [3.8, 4) is 5.75 Å². The van der Waals surface area contributed by atoms with E-state index in [1.807, 2.05) is 4.90 Å². The van der Waals surface area contributed by atoms with Gasteiger partial charge >= 0.3 is 6.01 Å². The molecular weight excluding hydrogens is 320 g/mol. The zero-order chi connectivity index (χ0) is 16.2. The number of aromatic nitrogens is 2. The van der Waals surface area contributed by atoms with Crippen LogP contribution in [0.5, 0.6) is 5.75 Å². The molecule has 0 spiro atoms. The molecule has 0 aliphatic carbocycles. The first kappa shape index (κ1) is 15.6. The van der Waals surface area contributed by atoms with Crippen LogP contribution in [0.4, 0.5) is 6.01 Å². The zero-order valence-corrected chi connectivity index (χ0v) is 13.5. The molecule has 0 radical (unpaired) electrons. The molecule has 0 bridgehead atoms. The summed E-state index contributed by atoms with van der Waals surface area (Å²) in [5, 5.41) is 8.44. The molecule has 7 nitrogen and oxygen atoms in total. The minimum atomic E-state index is -0.0405. The predicted octanol–water partition coefficient (Wildman–Crippen LogP) is 1.76. The summed E-state index contributed by atoms with van der Waals surface area (Å²) in [5.41, 5.74) is 0. The van der Waals surface area contributed by atoms with Gasteiger partial charge in [-0.3, -0.25) is 4.79 Å². The van der Waals surface area contributed by atoms with E-state index in [2.05, 4.69) is 10.2 Å². The second-order valence-electron chi connectivity index (χ2n) is 5.21. The molecule has 0 N–H and O–H groups in total. The van der Waals surface area contributed by atoms with E-state index in [1.54, 1.807) is 36.1 Å². The molecule has 1 amide bonds. The van der Waals surface area contributed by atoms with Crippen LogP contribution in [-0.4, -0.2) is 53.8 Å². The van der Waals surface area contributed by atoms with Crippen molar-refractivity contribution in [1.82, 2.24) is 15.1 Å². The average Bonchev–Trinajstić information content (AvgIpc) is 3.01. The Balaban J connectivity index is 1.47. The number of halogens is 1. The summed E-state index contributed by atoms with van der Waals surface area (Å²) < 4.78 is 10.9. The third-order valence-electron chi connectivity index (χ3n) is 3.59. The molecule has 0 atom stereocenters. The maximum Gasteiger partial charge on any atom is 0.318 e. The van der Waals surface area contributed by atoms with Gasteiger partial charge in [0.1, 0.15) is 5.75 Å². The number of piperazine rings is 1. The van der Waals surface area contributed by atoms with Gasteiger partial charge in [0.2, 0.25) is 5.89 Å². The molecule has 1 aromatic carbocycles. The van der Waals surface area contributed by atoms with Gasteiger partial charge in [0.05, 0.1) is 0 Å². The first-order chi connectivity index (χ1) is 11.1. The highest BCUT2D eigenvalue weighted by Gasteiger charge is 2.24. The molecule has 1 saturated heterocycles. The van der Waals surface area contributed by atoms with E-state index in [0.717, 1.165) is 0 Å². The molecule has 2 aromatic rings. The Hall–Kier alpha value is -2.28. The van der Waals surface area contributed by atoms with Gasteiger partial charge in [0.15, 0.2) is 6.61 Å². The molecule has 3 rings (SSSR count). The van der Waals surface area contributed by atoms with Crippen LogP contribution in [0.3, 0.4) is 0 Å². The second kappa shape index (κ2) is 6.87. The Bertz CT molecular complexity index is 666. The maximum absolute atomic E-state index is 12.2. The fraction of sp³-hybridized carbons (Fsp3) is 0.400. The van der Waals surface area contributed by atoms with Gasteiger partial charge in [-0.1, -0.05) is 16.7 Å². The average molecular weight is 337 g/mol. The number of hydrogen-bond donors (Lipinski definition) is 0. The van der Waals surface area contributed by atoms with Crippen molar-refractivity contribution < 1.29 is 13.9 Å². The van der Waals surface area contributed by atoms with E-state index in [9.17, 15) is 4.79 Å². The van der Waals surface area contributed by atoms with Gasteiger partial charge in [0, 0.05) is 38.1 Å². The highest BCUT2D eigenvalue weighted by Crippen LogP contribution is 2.16. The molecule has 122 valence electrons. The number of rotatable bonds is 4. The number of ether oxygens (including phenoxy) is 1. The van der Waals surface area contributed by atoms with Crippen molar-refractivity contribution in [2.45, 2.75) is 6.92 Å². The highest BCUT2D eigenvalue weighted by molar-refractivity contribution is 6.30. The number of anilines is 1. The molecule has 0 unspecified atom stereocenters. The predicted molar refractivity (Wildman–Crippen MR) is 84.8 cm³/mol. The van der Waals surface area contributed by atoms with Gasteiger partial charge in [-0.15, -0.1) is 5.10 Å². The lowest BCUT2D eigenvalue weighted by Crippen LogP contribution is -2.50. The fourth-order valence-electron chi connectivity index (χ4n) is 2.33. The first-order valence-corrected chi connectivity index (χ1v) is 7.71. The topological polar surface area (TPSA) is 71.7 Å². The summed E-state index contributed by atoms with van der Waals surface area (Å²) in [7, 11) is 0. The largest absolute Gasteiger partial charge is 0.484 e. The van der Waals surface area contributed by atoms with Crippen LogP contribution in [0.2, 0.25) is 5.02 Å². The number of benzene rings is 1. The lowest BCUT2D eigenvalue weighted by molar-refractivity contribution is -0.133. The van der Waals surface area contributed by atoms with Crippen molar-refractivity contribution in [3.63, 3.8) is 0 Å². The van der Waals surface area contributed by atoms with E-state index in [4.69, 9.17) is 20.8 Å². The smallest absolute Gasteiger partial charge is 0.318 e. The summed E-state index contributed by atoms with van der Waals surface area (Å²) >= 11 is 5.81. The van der Waals surface area contributed by atoms with E-state index >= 15 is 0 Å². The van der Waals surface area contributed by atoms with E-state index in [1.165, 1.54) is 0 Å². The zero-order valence-electron chi connectivity index (χ0n) is 12.7. The summed E-state index contributed by atoms with van der Waals surface area (Å²) in [6.07, 6.45) is 0. The SMILES string of the molecule is Cc1nnc(N2CCN(C(=O)COc3ccc(Cl)cc3)CC2)o1. The molecule has 8 heteroatoms. The van der Waals surface area contributed by atoms with Crippen molar-refractivity contribution in [1.29, 1.82) is 0 Å². The lowest BCUT2D eigenvalue weighted by atomic mass is 10.3. The number of carbonyl (C=O) groups is 1. The van der Waals surface area contributed by atoms with Crippen LogP contribution >= 0.6 is 11.6 Å². The van der Waals surface area contributed by atoms with Crippen molar-refractivity contribution in [3.05, 3.63) is 35.2 Å². The minimum Gasteiger partial charge on any atom is -0.484 e. The summed E-state index contributed by atoms with van der Waals surface area (Å²) in [4.78, 5) is 15.9. The van der Waals surface area contributed by atoms with Crippen LogP contribution in [0.25, 0.3) is 0 Å². The van der Waals surface area contributed by atoms with Crippen LogP contribution in [-0.2, 0) is 4.79 Å². The van der Waals surface area contributed by atoms with Gasteiger partial charge in [-0.05, 0) is 24.3 Å². The quantitative estimate of drug-likeness (QED) is 0.847. The number of carbonyl (C=O) groups excluding carboxylic acids is 1. The molecule has 1 aliphatic rings. The number of aryl methyl sites for hydroxylation is 1. The van der Waals surface area contributed by atoms with Crippen LogP contribution < -0.4 is 9.64 Å². The number of nitrogens with zero attached hydrogens (tertiary/aromatic N) is 4. The van der Waals surface area contributed by atoms with Gasteiger partial charge in [-0.2, -0.15) is 0 Å². The van der Waals surface area contributed by atoms with E-state index in [-0.39, 0.29) is 12.5 Å². The summed E-state index contributed by atoms with van der Waals surface area (Å²) in [6.45, 7) is 4.29. The van der Waals surface area contributed by atoms with Gasteiger partial charge in [0.25, 0.3) is 5.91 Å². The number of hydrogen-bond acceptors (Lipinski definition) is 6. The van der Waals surface area contributed by atoms with Crippen LogP contribution in [0.15, 0.2) is 28.7 Å². The standard InChI is InChI=1S/C15H17ClN4O3/c1-11-17-18-15(23-11)20-8-6-19(7-9-20)14(21)10-22-13-4-2-12(16)3-5-13/h2-5H,6-10H2,1H3. The van der Waals surface area contributed by atoms with E-state index in [0.29, 0.717) is 48.9 Å². The molecular formula is C15H17ClN4O3. The Morgan fingerprint density at radius 2 is 1.91 bits per heavy atom. The third kappa shape index (κ3) is 3.92. The first-order valence-electron chi connectivity index (χ1n) is 7.33. The number of amides is 1. The third-order valence-corrected chi connectivity index (χ3v) is 3.85. The van der Waals surface area contributed by atoms with E-state index < -0.39 is 0 Å². The molecule has 23 heavy (non-hydrogen) atoms. The lowest BCUT2D eigenvalue weighted by Gasteiger charge is -2.33. The Morgan fingerprint density at radius 1 is 1.22 bits per heavy atom. The van der Waals surface area contributed by atoms with Gasteiger partial charge in [-0.25, -0.2) is 0 Å². The van der Waals surface area contributed by atoms with Crippen molar-refractivity contribution >= 4 is 23.5 Å². The summed E-state index contributed by atoms with van der Waals surface area (Å²) in [6, 6.07) is 7.45. The van der Waals surface area contributed by atoms with Gasteiger partial charge < -0.3 is 19.0 Å². The minimum absolute atomic E-state index is 0.0152. The molecule has 1 aliphatic heterocycles. The molecule has 1 fully saturated rings. The fourth-order valence-corrected chi connectivity index (χ4v) is 2.45. The normalized spacial score (nSPS) is 14.9. The Labute approximate surface area is 138 Å². The monoisotopic (exact) mass is 336 g/mol. The maximum atomic E-state index is 12.2. The molecule has 2 heterocycles. The van der Waals surface area contributed by atoms with Crippen LogP contribution in [0, 0.1) is 6.92 Å². The Kier molecular flexibility index (Phi) is 4.66. The summed E-state index contributed by atoms with van der Waals surface area (Å²) in [5.74, 6) is 1.12. The van der Waals surface area contributed by atoms with Crippen molar-refractivity contribution in [2.75, 3.05) is 37.7 Å². The van der Waals surface area contributed by atoms with Crippen molar-refractivity contribution in [2.24, 2.45) is 0 Å². The second-order valence-corrected chi connectivity index (χ2v) is 5.65. The van der Waals surface area contributed by atoms with Crippen LogP contribution in [0.1, 0.15) is 5.89 Å².